The summed E-state index contributed by atoms with van der Waals surface area (Å²) in [5.41, 5.74) is 2.05. The quantitative estimate of drug-likeness (QED) is 0.706. The summed E-state index contributed by atoms with van der Waals surface area (Å²) < 4.78 is 5.09. The third-order valence-corrected chi connectivity index (χ3v) is 3.93. The van der Waals surface area contributed by atoms with E-state index in [0.717, 1.165) is 5.69 Å². The first-order valence-corrected chi connectivity index (χ1v) is 8.40. The fraction of sp³-hybridized carbons (Fsp3) is 0.0952. The zero-order valence-electron chi connectivity index (χ0n) is 14.8. The lowest BCUT2D eigenvalue weighted by Gasteiger charge is -2.11. The van der Waals surface area contributed by atoms with E-state index in [1.807, 2.05) is 18.2 Å². The lowest BCUT2D eigenvalue weighted by Crippen LogP contribution is -2.25. The molecule has 0 aliphatic carbocycles. The summed E-state index contributed by atoms with van der Waals surface area (Å²) in [5, 5.41) is 5.60. The molecule has 2 amide bonds. The van der Waals surface area contributed by atoms with Crippen molar-refractivity contribution in [2.45, 2.75) is 6.54 Å². The number of hydrogen-bond donors (Lipinski definition) is 2. The van der Waals surface area contributed by atoms with Gasteiger partial charge in [-0.3, -0.25) is 14.6 Å². The number of amides is 2. The average molecular weight is 361 g/mol. The fourth-order valence-electron chi connectivity index (χ4n) is 2.50. The monoisotopic (exact) mass is 361 g/mol. The average Bonchev–Trinajstić information content (AvgIpc) is 2.73. The number of aromatic nitrogens is 1. The summed E-state index contributed by atoms with van der Waals surface area (Å²) in [6.45, 7) is 0.306. The van der Waals surface area contributed by atoms with Crippen LogP contribution in [0.4, 0.5) is 5.69 Å². The van der Waals surface area contributed by atoms with Gasteiger partial charge < -0.3 is 15.4 Å². The van der Waals surface area contributed by atoms with Crippen LogP contribution in [0.2, 0.25) is 0 Å². The molecule has 6 heteroatoms. The second-order valence-electron chi connectivity index (χ2n) is 5.73. The van der Waals surface area contributed by atoms with Crippen molar-refractivity contribution in [3.05, 3.63) is 89.7 Å². The Hall–Kier alpha value is -3.67. The number of carbonyl (C=O) groups is 2. The second kappa shape index (κ2) is 8.62. The Morgan fingerprint density at radius 3 is 2.37 bits per heavy atom. The number of carbonyl (C=O) groups excluding carboxylic acids is 2. The van der Waals surface area contributed by atoms with Gasteiger partial charge in [-0.2, -0.15) is 0 Å². The minimum absolute atomic E-state index is 0.286. The first-order chi connectivity index (χ1) is 13.2. The molecule has 0 fully saturated rings. The number of nitrogens with zero attached hydrogens (tertiary/aromatic N) is 1. The highest BCUT2D eigenvalue weighted by atomic mass is 16.5. The minimum Gasteiger partial charge on any atom is -0.497 e. The molecule has 2 aromatic carbocycles. The maximum atomic E-state index is 12.5. The van der Waals surface area contributed by atoms with Gasteiger partial charge in [0.25, 0.3) is 11.8 Å². The Bertz CT molecular complexity index is 925. The van der Waals surface area contributed by atoms with Crippen molar-refractivity contribution in [3.63, 3.8) is 0 Å². The highest BCUT2D eigenvalue weighted by molar-refractivity contribution is 6.09. The van der Waals surface area contributed by atoms with E-state index in [4.69, 9.17) is 4.74 Å². The van der Waals surface area contributed by atoms with Crippen LogP contribution < -0.4 is 15.4 Å². The lowest BCUT2D eigenvalue weighted by molar-refractivity contribution is 0.0951. The van der Waals surface area contributed by atoms with Gasteiger partial charge in [0.15, 0.2) is 0 Å². The molecule has 6 nitrogen and oxygen atoms in total. The standard InChI is InChI=1S/C21H19N3O3/c1-27-17-11-9-15(10-12-17)20(25)24-19-8-3-2-7-18(19)21(26)23-14-16-6-4-5-13-22-16/h2-13H,14H2,1H3,(H,23,26)(H,24,25). The Labute approximate surface area is 157 Å². The van der Waals surface area contributed by atoms with Crippen molar-refractivity contribution in [1.82, 2.24) is 10.3 Å². The van der Waals surface area contributed by atoms with Crippen LogP contribution in [-0.2, 0) is 6.54 Å². The van der Waals surface area contributed by atoms with Crippen LogP contribution in [0.3, 0.4) is 0 Å². The first kappa shape index (κ1) is 18.1. The van der Waals surface area contributed by atoms with Gasteiger partial charge in [0, 0.05) is 11.8 Å². The molecule has 1 aromatic heterocycles. The molecular formula is C21H19N3O3. The Morgan fingerprint density at radius 1 is 0.926 bits per heavy atom. The van der Waals surface area contributed by atoms with Crippen molar-refractivity contribution in [2.24, 2.45) is 0 Å². The smallest absolute Gasteiger partial charge is 0.255 e. The summed E-state index contributed by atoms with van der Waals surface area (Å²) in [7, 11) is 1.56. The van der Waals surface area contributed by atoms with Crippen LogP contribution in [0.15, 0.2) is 72.9 Å². The third kappa shape index (κ3) is 4.70. The number of methoxy groups -OCH3 is 1. The molecule has 136 valence electrons. The number of rotatable bonds is 6. The van der Waals surface area contributed by atoms with Crippen LogP contribution in [-0.4, -0.2) is 23.9 Å². The van der Waals surface area contributed by atoms with Gasteiger partial charge in [-0.25, -0.2) is 0 Å². The summed E-state index contributed by atoms with van der Waals surface area (Å²) in [6, 6.07) is 19.1. The Balaban J connectivity index is 1.71. The molecule has 3 rings (SSSR count). The number of ether oxygens (including phenoxy) is 1. The third-order valence-electron chi connectivity index (χ3n) is 3.93. The van der Waals surface area contributed by atoms with E-state index in [1.54, 1.807) is 61.8 Å². The van der Waals surface area contributed by atoms with E-state index in [-0.39, 0.29) is 11.8 Å². The zero-order valence-corrected chi connectivity index (χ0v) is 14.8. The molecular weight excluding hydrogens is 342 g/mol. The van der Waals surface area contributed by atoms with Gasteiger partial charge in [0.05, 0.1) is 30.6 Å². The van der Waals surface area contributed by atoms with Gasteiger partial charge in [-0.15, -0.1) is 0 Å². The molecule has 0 unspecified atom stereocenters. The zero-order chi connectivity index (χ0) is 19.1. The molecule has 0 aliphatic heterocycles. The highest BCUT2D eigenvalue weighted by Gasteiger charge is 2.14. The number of nitrogens with one attached hydrogen (secondary N) is 2. The first-order valence-electron chi connectivity index (χ1n) is 8.40. The predicted octanol–water partition coefficient (Wildman–Crippen LogP) is 3.27. The molecule has 2 N–H and O–H groups in total. The van der Waals surface area contributed by atoms with Crippen LogP contribution in [0.5, 0.6) is 5.75 Å². The molecule has 0 spiro atoms. The van der Waals surface area contributed by atoms with Gasteiger partial charge >= 0.3 is 0 Å². The molecule has 0 atom stereocenters. The number of pyridine rings is 1. The van der Waals surface area contributed by atoms with Crippen molar-refractivity contribution in [1.29, 1.82) is 0 Å². The summed E-state index contributed by atoms with van der Waals surface area (Å²) in [5.74, 6) is 0.0785. The topological polar surface area (TPSA) is 80.3 Å². The number of para-hydroxylation sites is 1. The van der Waals surface area contributed by atoms with E-state index in [2.05, 4.69) is 15.6 Å². The molecule has 0 saturated carbocycles. The molecule has 0 bridgehead atoms. The van der Waals surface area contributed by atoms with Crippen molar-refractivity contribution in [3.8, 4) is 5.75 Å². The molecule has 1 heterocycles. The molecule has 0 aliphatic rings. The maximum Gasteiger partial charge on any atom is 0.255 e. The largest absolute Gasteiger partial charge is 0.497 e. The molecule has 3 aromatic rings. The molecule has 0 radical (unpaired) electrons. The van der Waals surface area contributed by atoms with E-state index in [9.17, 15) is 9.59 Å². The Kier molecular flexibility index (Phi) is 5.79. The highest BCUT2D eigenvalue weighted by Crippen LogP contribution is 2.18. The number of benzene rings is 2. The van der Waals surface area contributed by atoms with Gasteiger partial charge in [-0.05, 0) is 48.5 Å². The predicted molar refractivity (Wildman–Crippen MR) is 103 cm³/mol. The van der Waals surface area contributed by atoms with Crippen molar-refractivity contribution in [2.75, 3.05) is 12.4 Å². The summed E-state index contributed by atoms with van der Waals surface area (Å²) in [4.78, 5) is 29.2. The normalized spacial score (nSPS) is 10.1. The van der Waals surface area contributed by atoms with Crippen LogP contribution in [0.25, 0.3) is 0 Å². The SMILES string of the molecule is COc1ccc(C(=O)Nc2ccccc2C(=O)NCc2ccccn2)cc1. The van der Waals surface area contributed by atoms with Crippen LogP contribution in [0, 0.1) is 0 Å². The van der Waals surface area contributed by atoms with Crippen LogP contribution >= 0.6 is 0 Å². The lowest BCUT2D eigenvalue weighted by atomic mass is 10.1. The minimum atomic E-state index is -0.303. The number of hydrogen-bond acceptors (Lipinski definition) is 4. The Morgan fingerprint density at radius 2 is 1.67 bits per heavy atom. The molecule has 27 heavy (non-hydrogen) atoms. The van der Waals surface area contributed by atoms with E-state index >= 15 is 0 Å². The maximum absolute atomic E-state index is 12.5. The summed E-state index contributed by atoms with van der Waals surface area (Å²) in [6.07, 6.45) is 1.67. The van der Waals surface area contributed by atoms with Crippen molar-refractivity contribution < 1.29 is 14.3 Å². The number of anilines is 1. The van der Waals surface area contributed by atoms with Crippen LogP contribution in [0.1, 0.15) is 26.4 Å². The van der Waals surface area contributed by atoms with Gasteiger partial charge in [0.1, 0.15) is 5.75 Å². The fourth-order valence-corrected chi connectivity index (χ4v) is 2.50. The van der Waals surface area contributed by atoms with E-state index < -0.39 is 0 Å². The van der Waals surface area contributed by atoms with Crippen molar-refractivity contribution >= 4 is 17.5 Å². The van der Waals surface area contributed by atoms with Gasteiger partial charge in [-0.1, -0.05) is 18.2 Å². The van der Waals surface area contributed by atoms with E-state index in [1.165, 1.54) is 0 Å². The van der Waals surface area contributed by atoms with Gasteiger partial charge in [0.2, 0.25) is 0 Å². The second-order valence-corrected chi connectivity index (χ2v) is 5.73. The van der Waals surface area contributed by atoms with E-state index in [0.29, 0.717) is 29.1 Å². The summed E-state index contributed by atoms with van der Waals surface area (Å²) >= 11 is 0. The molecule has 0 saturated heterocycles.